The lowest BCUT2D eigenvalue weighted by atomic mass is 9.84. The van der Waals surface area contributed by atoms with Crippen molar-refractivity contribution in [2.24, 2.45) is 0 Å². The zero-order valence-corrected chi connectivity index (χ0v) is 37.0. The average Bonchev–Trinajstić information content (AvgIpc) is 4.04. The Morgan fingerprint density at radius 3 is 2.13 bits per heavy atom. The summed E-state index contributed by atoms with van der Waals surface area (Å²) in [5, 5.41) is 31.9. The van der Waals surface area contributed by atoms with E-state index < -0.39 is 42.6 Å². The fourth-order valence-corrected chi connectivity index (χ4v) is 17.8. The van der Waals surface area contributed by atoms with Crippen LogP contribution in [0, 0.1) is 34.0 Å². The third-order valence-electron chi connectivity index (χ3n) is 11.9. The van der Waals surface area contributed by atoms with E-state index in [1.807, 2.05) is 6.07 Å². The summed E-state index contributed by atoms with van der Waals surface area (Å²) in [6.45, 7) is 5.96. The zero-order chi connectivity index (χ0) is 43.4. The molecule has 6 nitrogen and oxygen atoms in total. The number of alkyl halides is 3. The number of likely N-dealkylation sites (N-methyl/N-ethyl adjacent to an activating group) is 1. The quantitative estimate of drug-likeness (QED) is 0.100. The van der Waals surface area contributed by atoms with Crippen LogP contribution in [0.2, 0.25) is 0 Å². The van der Waals surface area contributed by atoms with E-state index in [1.54, 1.807) is 46.9 Å². The highest BCUT2D eigenvalue weighted by Gasteiger charge is 2.65. The predicted molar refractivity (Wildman–Crippen MR) is 246 cm³/mol. The van der Waals surface area contributed by atoms with E-state index in [2.05, 4.69) is 111 Å². The molecule has 7 aromatic rings. The summed E-state index contributed by atoms with van der Waals surface area (Å²) in [6.07, 6.45) is -2.29. The Morgan fingerprint density at radius 1 is 0.806 bits per heavy atom. The minimum absolute atomic E-state index is 0.0606. The molecule has 0 amide bonds. The van der Waals surface area contributed by atoms with Crippen molar-refractivity contribution < 1.29 is 22.3 Å². The number of allylic oxidation sites excluding steroid dienone is 2. The molecule has 2 atom stereocenters. The minimum atomic E-state index is -5.06. The molecule has 62 heavy (non-hydrogen) atoms. The van der Waals surface area contributed by atoms with Crippen molar-refractivity contribution in [1.29, 1.82) is 15.8 Å². The Hall–Kier alpha value is -6.24. The van der Waals surface area contributed by atoms with Crippen LogP contribution in [-0.2, 0) is 19.8 Å². The highest BCUT2D eigenvalue weighted by atomic mass is 32.1. The molecule has 0 aliphatic carbocycles. The molecule has 5 heterocycles. The number of anilines is 1. The van der Waals surface area contributed by atoms with Gasteiger partial charge in [0.25, 0.3) is 13.9 Å². The van der Waals surface area contributed by atoms with Gasteiger partial charge in [0.15, 0.2) is 11.3 Å². The van der Waals surface area contributed by atoms with Gasteiger partial charge < -0.3 is 14.1 Å². The number of nitrogens with zero attached hydrogens (tertiary/aromatic N) is 4. The first-order chi connectivity index (χ1) is 29.9. The summed E-state index contributed by atoms with van der Waals surface area (Å²) in [5.74, 6) is -0.690. The van der Waals surface area contributed by atoms with Crippen molar-refractivity contribution in [3.63, 3.8) is 0 Å². The third-order valence-corrected chi connectivity index (χ3v) is 20.7. The molecule has 0 spiro atoms. The summed E-state index contributed by atoms with van der Waals surface area (Å²) in [7, 11) is -0.388. The van der Waals surface area contributed by atoms with Crippen molar-refractivity contribution in [2.75, 3.05) is 25.1 Å². The number of hydrogen-bond acceptors (Lipinski definition) is 9. The third kappa shape index (κ3) is 6.33. The van der Waals surface area contributed by atoms with E-state index in [9.17, 15) is 15.8 Å². The minimum Gasteiger partial charge on any atom is -0.465 e. The molecule has 0 bridgehead atoms. The standard InChI is InChI=1S/C49H35F3N4O2S3Si/c1-47(2)39-16-10-11-17-43(39)62(47,36-14-8-5-9-15-36)57-25-24-56(3)34-20-18-31(19-21-34)40-27-42-46(61-40)45-41(60-42)26-35(59-45)22-23-38-37(30-55)44(32(28-53)29-54)58-48(38,49(50,51)52)33-12-6-4-7-13-33/h4-23,26-27H,24-25H2,1-3H3/b23-22+. The van der Waals surface area contributed by atoms with Crippen LogP contribution in [0.25, 0.3) is 35.3 Å². The van der Waals surface area contributed by atoms with Crippen LogP contribution < -0.4 is 15.3 Å². The van der Waals surface area contributed by atoms with Gasteiger partial charge in [-0.25, -0.2) is 0 Å². The Kier molecular flexibility index (Phi) is 10.3. The van der Waals surface area contributed by atoms with Crippen molar-refractivity contribution in [3.05, 3.63) is 166 Å². The number of rotatable bonds is 10. The smallest absolute Gasteiger partial charge is 0.437 e. The monoisotopic (exact) mass is 892 g/mol. The fourth-order valence-electron chi connectivity index (χ4n) is 8.85. The molecule has 4 aromatic carbocycles. The number of thiophene rings is 3. The highest BCUT2D eigenvalue weighted by Crippen LogP contribution is 2.56. The van der Waals surface area contributed by atoms with Crippen molar-refractivity contribution in [2.45, 2.75) is 30.7 Å². The number of ether oxygens (including phenoxy) is 1. The Morgan fingerprint density at radius 2 is 1.45 bits per heavy atom. The normalized spacial score (nSPS) is 19.2. The first-order valence-corrected chi connectivity index (χ1v) is 24.0. The lowest BCUT2D eigenvalue weighted by molar-refractivity contribution is -0.249. The number of hydrogen-bond donors (Lipinski definition) is 0. The summed E-state index contributed by atoms with van der Waals surface area (Å²) >= 11 is 4.72. The molecule has 0 saturated heterocycles. The van der Waals surface area contributed by atoms with Gasteiger partial charge in [-0.2, -0.15) is 29.0 Å². The van der Waals surface area contributed by atoms with Crippen LogP contribution in [0.3, 0.4) is 0 Å². The summed E-state index contributed by atoms with van der Waals surface area (Å²) in [5.41, 5.74) is -1.59. The topological polar surface area (TPSA) is 93.1 Å². The molecule has 2 aliphatic rings. The van der Waals surface area contributed by atoms with Gasteiger partial charge >= 0.3 is 6.18 Å². The Balaban J connectivity index is 0.953. The fraction of sp³-hybridized carbons (Fsp3) is 0.163. The Bertz CT molecular complexity index is 3090. The summed E-state index contributed by atoms with van der Waals surface area (Å²) in [4.78, 5) is 4.00. The molecule has 3 aromatic heterocycles. The van der Waals surface area contributed by atoms with Gasteiger partial charge in [-0.3, -0.25) is 0 Å². The van der Waals surface area contributed by atoms with Crippen LogP contribution in [-0.4, -0.2) is 34.7 Å². The maximum atomic E-state index is 15.3. The molecule has 2 unspecified atom stereocenters. The number of halogens is 3. The van der Waals surface area contributed by atoms with Gasteiger partial charge in [-0.15, -0.1) is 34.0 Å². The number of benzene rings is 4. The van der Waals surface area contributed by atoms with Gasteiger partial charge in [0.05, 0.1) is 16.0 Å². The lowest BCUT2D eigenvalue weighted by Crippen LogP contribution is -2.81. The second-order valence-electron chi connectivity index (χ2n) is 15.6. The van der Waals surface area contributed by atoms with E-state index in [4.69, 9.17) is 9.16 Å². The molecule has 13 heteroatoms. The van der Waals surface area contributed by atoms with Gasteiger partial charge in [-0.1, -0.05) is 117 Å². The molecular weight excluding hydrogens is 858 g/mol. The van der Waals surface area contributed by atoms with Gasteiger partial charge in [-0.05, 0) is 51.8 Å². The van der Waals surface area contributed by atoms with Gasteiger partial charge in [0.2, 0.25) is 0 Å². The SMILES string of the molecule is CN(CCO[Si]1(c2ccccc2)c2ccccc2C1(C)C)c1ccc(-c2cc3sc4cc(/C=C/C5=C(C#N)C(=C(C#N)C#N)OC5(c5ccccc5)C(F)(F)F)sc4c3s2)cc1. The largest absolute Gasteiger partial charge is 0.465 e. The molecule has 2 aliphatic heterocycles. The van der Waals surface area contributed by atoms with Crippen LogP contribution >= 0.6 is 34.0 Å². The van der Waals surface area contributed by atoms with E-state index in [0.29, 0.717) is 11.5 Å². The molecule has 0 radical (unpaired) electrons. The molecular formula is C49H35F3N4O2S3Si. The van der Waals surface area contributed by atoms with Crippen molar-refractivity contribution >= 4 is 83.3 Å². The second kappa shape index (κ2) is 15.6. The van der Waals surface area contributed by atoms with Crippen LogP contribution in [0.5, 0.6) is 0 Å². The van der Waals surface area contributed by atoms with E-state index in [-0.39, 0.29) is 10.6 Å². The van der Waals surface area contributed by atoms with Crippen molar-refractivity contribution in [3.8, 4) is 28.6 Å². The lowest BCUT2D eigenvalue weighted by Gasteiger charge is -2.55. The van der Waals surface area contributed by atoms with Crippen molar-refractivity contribution in [1.82, 2.24) is 0 Å². The van der Waals surface area contributed by atoms with Gasteiger partial charge in [0, 0.05) is 54.6 Å². The molecule has 306 valence electrons. The first-order valence-electron chi connectivity index (χ1n) is 19.6. The van der Waals surface area contributed by atoms with E-state index >= 15 is 13.2 Å². The van der Waals surface area contributed by atoms with E-state index in [0.717, 1.165) is 41.5 Å². The first kappa shape index (κ1) is 41.1. The van der Waals surface area contributed by atoms with Gasteiger partial charge in [0.1, 0.15) is 23.8 Å². The average molecular weight is 893 g/mol. The predicted octanol–water partition coefficient (Wildman–Crippen LogP) is 11.5. The van der Waals surface area contributed by atoms with E-state index in [1.165, 1.54) is 63.7 Å². The Labute approximate surface area is 369 Å². The van der Waals surface area contributed by atoms with Crippen LogP contribution in [0.4, 0.5) is 18.9 Å². The van der Waals surface area contributed by atoms with Crippen LogP contribution in [0.15, 0.2) is 150 Å². The molecule has 0 saturated carbocycles. The summed E-state index contributed by atoms with van der Waals surface area (Å²) in [6, 6.07) is 43.9. The highest BCUT2D eigenvalue weighted by molar-refractivity contribution is 7.39. The van der Waals surface area contributed by atoms with Crippen LogP contribution in [0.1, 0.15) is 29.9 Å². The zero-order valence-electron chi connectivity index (χ0n) is 33.6. The molecule has 9 rings (SSSR count). The maximum absolute atomic E-state index is 15.3. The number of fused-ring (bicyclic) bond motifs is 4. The second-order valence-corrected chi connectivity index (χ2v) is 22.8. The molecule has 0 N–H and O–H groups in total. The molecule has 0 fully saturated rings. The summed E-state index contributed by atoms with van der Waals surface area (Å²) < 4.78 is 62.6. The number of nitriles is 3. The maximum Gasteiger partial charge on any atom is 0.437 e.